The number of H-pyrrole nitrogens is 1. The number of nitrogens with zero attached hydrogens (tertiary/aromatic N) is 1. The number of hydrogen-bond donors (Lipinski definition) is 2. The van der Waals surface area contributed by atoms with Crippen molar-refractivity contribution < 1.29 is 27.8 Å². The van der Waals surface area contributed by atoms with E-state index >= 15 is 0 Å². The maximum Gasteiger partial charge on any atom is 0.306 e. The Morgan fingerprint density at radius 3 is 2.51 bits per heavy atom. The molecule has 0 aliphatic heterocycles. The number of rotatable bonds is 7. The molecule has 1 unspecified atom stereocenters. The van der Waals surface area contributed by atoms with E-state index in [1.54, 1.807) is 6.92 Å². The molecule has 0 saturated heterocycles. The Morgan fingerprint density at radius 1 is 1.14 bits per heavy atom. The van der Waals surface area contributed by atoms with E-state index in [4.69, 9.17) is 0 Å². The van der Waals surface area contributed by atoms with Crippen molar-refractivity contribution in [1.29, 1.82) is 0 Å². The number of carbonyl (C=O) groups is 1. The van der Waals surface area contributed by atoms with Gasteiger partial charge in [-0.05, 0) is 48.7 Å². The van der Waals surface area contributed by atoms with Crippen LogP contribution < -0.4 is 5.56 Å². The summed E-state index contributed by atoms with van der Waals surface area (Å²) >= 11 is 0. The van der Waals surface area contributed by atoms with E-state index in [0.717, 1.165) is 23.6 Å². The zero-order chi connectivity index (χ0) is 25.3. The minimum atomic E-state index is -1.67. The summed E-state index contributed by atoms with van der Waals surface area (Å²) in [6.45, 7) is 1.89. The second-order valence-electron chi connectivity index (χ2n) is 8.28. The number of methoxy groups -OCH3 is 1. The highest BCUT2D eigenvalue weighted by Gasteiger charge is 2.28. The first-order chi connectivity index (χ1) is 16.7. The molecule has 0 aliphatic rings. The van der Waals surface area contributed by atoms with Crippen molar-refractivity contribution in [2.24, 2.45) is 0 Å². The van der Waals surface area contributed by atoms with Gasteiger partial charge in [0.25, 0.3) is 5.56 Å². The van der Waals surface area contributed by atoms with E-state index in [-0.39, 0.29) is 17.7 Å². The summed E-state index contributed by atoms with van der Waals surface area (Å²) in [5, 5.41) is 11.7. The Kier molecular flexibility index (Phi) is 6.68. The van der Waals surface area contributed by atoms with Gasteiger partial charge in [0.2, 0.25) is 0 Å². The minimum Gasteiger partial charge on any atom is -0.507 e. The van der Waals surface area contributed by atoms with Crippen molar-refractivity contribution in [3.8, 4) is 5.75 Å². The number of aromatic nitrogens is 2. The third-order valence-electron chi connectivity index (χ3n) is 6.16. The monoisotopic (exact) mass is 484 g/mol. The van der Waals surface area contributed by atoms with Gasteiger partial charge in [-0.3, -0.25) is 9.59 Å². The van der Waals surface area contributed by atoms with Gasteiger partial charge in [0.1, 0.15) is 5.75 Å². The van der Waals surface area contributed by atoms with Crippen LogP contribution in [0, 0.1) is 24.4 Å². The molecule has 4 rings (SSSR count). The van der Waals surface area contributed by atoms with Gasteiger partial charge in [0, 0.05) is 35.3 Å². The second kappa shape index (κ2) is 9.69. The summed E-state index contributed by atoms with van der Waals surface area (Å²) in [7, 11) is 1.12. The van der Waals surface area contributed by atoms with Crippen LogP contribution in [0.5, 0.6) is 5.75 Å². The number of carbonyl (C=O) groups excluding carboxylic acids is 1. The van der Waals surface area contributed by atoms with Gasteiger partial charge in [-0.2, -0.15) is 0 Å². The van der Waals surface area contributed by atoms with Crippen LogP contribution in [0.4, 0.5) is 13.2 Å². The third kappa shape index (κ3) is 4.66. The number of halogens is 3. The average Bonchev–Trinajstić information content (AvgIpc) is 3.24. The fourth-order valence-electron chi connectivity index (χ4n) is 4.36. The minimum absolute atomic E-state index is 0.175. The normalized spacial score (nSPS) is 12.1. The number of pyridine rings is 1. The van der Waals surface area contributed by atoms with E-state index in [1.165, 1.54) is 10.6 Å². The lowest BCUT2D eigenvalue weighted by Crippen LogP contribution is -2.29. The first-order valence-electron chi connectivity index (χ1n) is 10.9. The first-order valence-corrected chi connectivity index (χ1v) is 10.9. The zero-order valence-electron chi connectivity index (χ0n) is 19.1. The molecule has 2 aromatic heterocycles. The van der Waals surface area contributed by atoms with Gasteiger partial charge in [0.05, 0.1) is 19.1 Å². The SMILES string of the molecule is COC(=O)CC(c1cc(F)c(F)c(F)c1)c1c(O)cc(C)n(CCc2c[nH]c3ccccc23)c1=O. The number of ether oxygens (including phenoxy) is 1. The zero-order valence-corrected chi connectivity index (χ0v) is 19.1. The predicted octanol–water partition coefficient (Wildman–Crippen LogP) is 4.70. The highest BCUT2D eigenvalue weighted by molar-refractivity contribution is 5.83. The van der Waals surface area contributed by atoms with Gasteiger partial charge in [-0.25, -0.2) is 13.2 Å². The van der Waals surface area contributed by atoms with Crippen molar-refractivity contribution in [3.63, 3.8) is 0 Å². The van der Waals surface area contributed by atoms with Crippen LogP contribution in [0.15, 0.2) is 53.5 Å². The highest BCUT2D eigenvalue weighted by Crippen LogP contribution is 2.34. The number of esters is 1. The number of aromatic hydroxyl groups is 1. The van der Waals surface area contributed by atoms with E-state index in [0.29, 0.717) is 24.2 Å². The van der Waals surface area contributed by atoms with Crippen molar-refractivity contribution in [2.45, 2.75) is 32.2 Å². The molecule has 0 radical (unpaired) electrons. The second-order valence-corrected chi connectivity index (χ2v) is 8.28. The molecular weight excluding hydrogens is 461 g/mol. The van der Waals surface area contributed by atoms with Crippen molar-refractivity contribution >= 4 is 16.9 Å². The Hall–Kier alpha value is -4.01. The molecule has 1 atom stereocenters. The molecule has 0 spiro atoms. The van der Waals surface area contributed by atoms with Crippen LogP contribution in [0.25, 0.3) is 10.9 Å². The fourth-order valence-corrected chi connectivity index (χ4v) is 4.36. The van der Waals surface area contributed by atoms with E-state index in [2.05, 4.69) is 9.72 Å². The van der Waals surface area contributed by atoms with Gasteiger partial charge in [0.15, 0.2) is 17.5 Å². The van der Waals surface area contributed by atoms with Crippen molar-refractivity contribution in [1.82, 2.24) is 9.55 Å². The number of benzene rings is 2. The lowest BCUT2D eigenvalue weighted by molar-refractivity contribution is -0.140. The molecule has 9 heteroatoms. The van der Waals surface area contributed by atoms with E-state index < -0.39 is 47.1 Å². The van der Waals surface area contributed by atoms with Crippen LogP contribution in [-0.4, -0.2) is 27.7 Å². The van der Waals surface area contributed by atoms with E-state index in [9.17, 15) is 27.9 Å². The number of aryl methyl sites for hydroxylation is 2. The van der Waals surface area contributed by atoms with Gasteiger partial charge < -0.3 is 19.4 Å². The third-order valence-corrected chi connectivity index (χ3v) is 6.16. The molecule has 2 heterocycles. The maximum atomic E-state index is 14.0. The molecule has 182 valence electrons. The Balaban J connectivity index is 1.78. The molecule has 4 aromatic rings. The topological polar surface area (TPSA) is 84.3 Å². The summed E-state index contributed by atoms with van der Waals surface area (Å²) < 4.78 is 47.7. The lowest BCUT2D eigenvalue weighted by Gasteiger charge is -2.21. The van der Waals surface area contributed by atoms with Crippen LogP contribution in [0.1, 0.15) is 34.7 Å². The highest BCUT2D eigenvalue weighted by atomic mass is 19.2. The summed E-state index contributed by atoms with van der Waals surface area (Å²) in [5.41, 5.74) is 1.37. The van der Waals surface area contributed by atoms with Crippen molar-refractivity contribution in [3.05, 3.63) is 98.9 Å². The van der Waals surface area contributed by atoms with Gasteiger partial charge in [-0.15, -0.1) is 0 Å². The molecule has 35 heavy (non-hydrogen) atoms. The molecule has 6 nitrogen and oxygen atoms in total. The molecule has 0 fully saturated rings. The average molecular weight is 484 g/mol. The fraction of sp³-hybridized carbons (Fsp3) is 0.231. The standard InChI is InChI=1S/C26H23F3N2O4/c1-14-9-22(32)24(18(12-23(33)35-2)16-10-19(27)25(29)20(28)11-16)26(34)31(14)8-7-15-13-30-21-6-4-3-5-17(15)21/h3-6,9-11,13,18,30,32H,7-8,12H2,1-2H3. The van der Waals surface area contributed by atoms with Gasteiger partial charge in [-0.1, -0.05) is 18.2 Å². The molecule has 0 bridgehead atoms. The maximum absolute atomic E-state index is 14.0. The summed E-state index contributed by atoms with van der Waals surface area (Å²) in [4.78, 5) is 28.8. The smallest absolute Gasteiger partial charge is 0.306 e. The molecular formula is C26H23F3N2O4. The quantitative estimate of drug-likeness (QED) is 0.294. The first kappa shape index (κ1) is 24.1. The largest absolute Gasteiger partial charge is 0.507 e. The Morgan fingerprint density at radius 2 is 1.83 bits per heavy atom. The molecule has 0 aliphatic carbocycles. The number of aromatic amines is 1. The molecule has 0 saturated carbocycles. The predicted molar refractivity (Wildman–Crippen MR) is 124 cm³/mol. The lowest BCUT2D eigenvalue weighted by atomic mass is 9.88. The van der Waals surface area contributed by atoms with E-state index in [1.807, 2.05) is 30.5 Å². The van der Waals surface area contributed by atoms with Crippen LogP contribution in [0.2, 0.25) is 0 Å². The van der Waals surface area contributed by atoms with Gasteiger partial charge >= 0.3 is 5.97 Å². The van der Waals surface area contributed by atoms with Crippen LogP contribution in [-0.2, 0) is 22.5 Å². The van der Waals surface area contributed by atoms with Crippen LogP contribution in [0.3, 0.4) is 0 Å². The summed E-state index contributed by atoms with van der Waals surface area (Å²) in [6, 6.07) is 10.5. The summed E-state index contributed by atoms with van der Waals surface area (Å²) in [6.07, 6.45) is 1.85. The number of nitrogens with one attached hydrogen (secondary N) is 1. The molecule has 2 aromatic carbocycles. The molecule has 2 N–H and O–H groups in total. The van der Waals surface area contributed by atoms with Crippen LogP contribution >= 0.6 is 0 Å². The Bertz CT molecular complexity index is 1450. The number of hydrogen-bond acceptors (Lipinski definition) is 4. The molecule has 0 amide bonds. The number of fused-ring (bicyclic) bond motifs is 1. The number of para-hydroxylation sites is 1. The van der Waals surface area contributed by atoms with Crippen molar-refractivity contribution in [2.75, 3.05) is 7.11 Å². The Labute approximate surface area is 198 Å². The summed E-state index contributed by atoms with van der Waals surface area (Å²) in [5.74, 6) is -7.09.